The summed E-state index contributed by atoms with van der Waals surface area (Å²) >= 11 is 0. The van der Waals surface area contributed by atoms with E-state index in [1.807, 2.05) is 87.7 Å². The SMILES string of the molecule is CC(C)(C)OC(=O)C1=CN([Si](C)(C)C)[C@@H](C(=O)OC(C)(C)C)C1.CC(C)(C)OC(=O)[C@@H]1C[C@H](C(=O)OC(C)(C)C)N([Si](C)(C)C)C1. The topological polar surface area (TPSA) is 112 Å². The Balaban J connectivity index is 0.000000460. The summed E-state index contributed by atoms with van der Waals surface area (Å²) in [7, 11) is -3.57. The van der Waals surface area contributed by atoms with Crippen molar-refractivity contribution in [1.29, 1.82) is 0 Å². The third-order valence-electron chi connectivity index (χ3n) is 6.74. The molecule has 46 heavy (non-hydrogen) atoms. The van der Waals surface area contributed by atoms with Gasteiger partial charge in [-0.05, 0) is 89.5 Å². The average molecular weight is 685 g/mol. The van der Waals surface area contributed by atoms with E-state index in [9.17, 15) is 19.2 Å². The normalized spacial score (nSPS) is 21.6. The van der Waals surface area contributed by atoms with Crippen molar-refractivity contribution in [2.75, 3.05) is 6.54 Å². The van der Waals surface area contributed by atoms with Crippen LogP contribution in [0.4, 0.5) is 0 Å². The standard InChI is InChI=1S/C17H33NO4Si.C17H31NO4Si/c2*1-16(2,3)21-14(19)12-10-13(15(20)22-17(4,5)6)18(11-12)23(7,8)9/h12-13H,10-11H2,1-9H3;11,13H,10H2,1-9H3/t12-,13-;13-/m11/s1. The lowest BCUT2D eigenvalue weighted by Crippen LogP contribution is -2.52. The Bertz CT molecular complexity index is 1120. The molecule has 0 aliphatic carbocycles. The lowest BCUT2D eigenvalue weighted by atomic mass is 10.1. The first-order valence-electron chi connectivity index (χ1n) is 16.4. The van der Waals surface area contributed by atoms with Crippen LogP contribution >= 0.6 is 0 Å². The Hall–Kier alpha value is -2.19. The summed E-state index contributed by atoms with van der Waals surface area (Å²) in [5, 5.41) is 0. The molecule has 2 aliphatic heterocycles. The quantitative estimate of drug-likeness (QED) is 0.171. The summed E-state index contributed by atoms with van der Waals surface area (Å²) in [5.41, 5.74) is -1.58. The van der Waals surface area contributed by atoms with Crippen LogP contribution in [0, 0.1) is 5.92 Å². The van der Waals surface area contributed by atoms with Crippen molar-refractivity contribution in [3.8, 4) is 0 Å². The number of rotatable bonds is 6. The van der Waals surface area contributed by atoms with Crippen LogP contribution < -0.4 is 0 Å². The lowest BCUT2D eigenvalue weighted by molar-refractivity contribution is -0.161. The Kier molecular flexibility index (Phi) is 13.2. The third-order valence-corrected chi connectivity index (χ3v) is 10.9. The minimum absolute atomic E-state index is 0.216. The van der Waals surface area contributed by atoms with E-state index in [0.717, 1.165) is 0 Å². The van der Waals surface area contributed by atoms with E-state index in [1.165, 1.54) is 0 Å². The van der Waals surface area contributed by atoms with Gasteiger partial charge in [0.1, 0.15) is 51.0 Å². The van der Waals surface area contributed by atoms with Gasteiger partial charge in [0.15, 0.2) is 0 Å². The Labute approximate surface area is 281 Å². The highest BCUT2D eigenvalue weighted by atomic mass is 28.3. The molecule has 2 rings (SSSR count). The zero-order valence-corrected chi connectivity index (χ0v) is 34.1. The molecule has 0 radical (unpaired) electrons. The van der Waals surface area contributed by atoms with Gasteiger partial charge in [-0.1, -0.05) is 39.3 Å². The molecule has 2 aliphatic rings. The second kappa shape index (κ2) is 14.5. The molecule has 0 aromatic heterocycles. The van der Waals surface area contributed by atoms with Gasteiger partial charge in [-0.2, -0.15) is 0 Å². The highest BCUT2D eigenvalue weighted by Gasteiger charge is 2.47. The first-order valence-corrected chi connectivity index (χ1v) is 23.3. The van der Waals surface area contributed by atoms with Crippen LogP contribution in [-0.2, 0) is 38.1 Å². The minimum Gasteiger partial charge on any atom is -0.460 e. The second-order valence-electron chi connectivity index (χ2n) is 18.3. The first kappa shape index (κ1) is 41.8. The molecular formula is C34H64N2O8Si2. The van der Waals surface area contributed by atoms with E-state index in [-0.39, 0.29) is 35.8 Å². The van der Waals surface area contributed by atoms with Gasteiger partial charge in [-0.15, -0.1) is 0 Å². The summed E-state index contributed by atoms with van der Waals surface area (Å²) < 4.78 is 26.3. The Morgan fingerprint density at radius 3 is 1.37 bits per heavy atom. The van der Waals surface area contributed by atoms with Crippen LogP contribution in [0.3, 0.4) is 0 Å². The molecule has 3 atom stereocenters. The van der Waals surface area contributed by atoms with Crippen LogP contribution in [0.25, 0.3) is 0 Å². The number of esters is 4. The molecule has 0 saturated carbocycles. The number of nitrogens with zero attached hydrogens (tertiary/aromatic N) is 2. The largest absolute Gasteiger partial charge is 0.460 e. The van der Waals surface area contributed by atoms with E-state index in [2.05, 4.69) is 43.8 Å². The first-order chi connectivity index (χ1) is 20.2. The lowest BCUT2D eigenvalue weighted by Gasteiger charge is -2.36. The zero-order valence-electron chi connectivity index (χ0n) is 32.1. The number of carbonyl (C=O) groups is 4. The molecule has 0 aromatic carbocycles. The van der Waals surface area contributed by atoms with E-state index < -0.39 is 44.9 Å². The van der Waals surface area contributed by atoms with Crippen molar-refractivity contribution in [3.05, 3.63) is 11.8 Å². The predicted octanol–water partition coefficient (Wildman–Crippen LogP) is 6.66. The predicted molar refractivity (Wildman–Crippen MR) is 187 cm³/mol. The van der Waals surface area contributed by atoms with E-state index in [1.54, 1.807) is 6.20 Å². The monoisotopic (exact) mass is 684 g/mol. The van der Waals surface area contributed by atoms with Crippen molar-refractivity contribution in [2.45, 2.75) is 170 Å². The molecule has 12 heteroatoms. The zero-order chi connectivity index (χ0) is 36.4. The molecule has 1 saturated heterocycles. The van der Waals surface area contributed by atoms with Gasteiger partial charge in [-0.3, -0.25) is 9.59 Å². The van der Waals surface area contributed by atoms with Crippen molar-refractivity contribution >= 4 is 40.3 Å². The van der Waals surface area contributed by atoms with Crippen molar-refractivity contribution in [1.82, 2.24) is 9.13 Å². The van der Waals surface area contributed by atoms with Crippen LogP contribution in [0.1, 0.15) is 95.9 Å². The molecule has 2 heterocycles. The van der Waals surface area contributed by atoms with Gasteiger partial charge in [0, 0.05) is 19.2 Å². The summed E-state index contributed by atoms with van der Waals surface area (Å²) in [5.74, 6) is -1.35. The highest BCUT2D eigenvalue weighted by Crippen LogP contribution is 2.33. The Morgan fingerprint density at radius 1 is 0.609 bits per heavy atom. The molecule has 0 aromatic rings. The maximum Gasteiger partial charge on any atom is 0.336 e. The van der Waals surface area contributed by atoms with Crippen LogP contribution in [0.15, 0.2) is 11.8 Å². The molecule has 0 bridgehead atoms. The van der Waals surface area contributed by atoms with Crippen molar-refractivity contribution in [3.63, 3.8) is 0 Å². The summed E-state index contributed by atoms with van der Waals surface area (Å²) in [6, 6.07) is -0.790. The van der Waals surface area contributed by atoms with E-state index in [4.69, 9.17) is 18.9 Å². The van der Waals surface area contributed by atoms with Crippen LogP contribution in [-0.4, -0.2) is 90.5 Å². The molecule has 266 valence electrons. The fourth-order valence-corrected chi connectivity index (χ4v) is 8.64. The Morgan fingerprint density at radius 2 is 1.00 bits per heavy atom. The molecule has 10 nitrogen and oxygen atoms in total. The number of hydrogen-bond donors (Lipinski definition) is 0. The van der Waals surface area contributed by atoms with Gasteiger partial charge in [0.25, 0.3) is 0 Å². The number of hydrogen-bond acceptors (Lipinski definition) is 10. The molecule has 1 fully saturated rings. The summed E-state index contributed by atoms with van der Waals surface area (Å²) in [6.45, 7) is 35.8. The summed E-state index contributed by atoms with van der Waals surface area (Å²) in [4.78, 5) is 49.9. The van der Waals surface area contributed by atoms with Crippen LogP contribution in [0.5, 0.6) is 0 Å². The van der Waals surface area contributed by atoms with Gasteiger partial charge in [-0.25, -0.2) is 9.59 Å². The minimum atomic E-state index is -1.82. The van der Waals surface area contributed by atoms with Gasteiger partial charge < -0.3 is 28.1 Å². The van der Waals surface area contributed by atoms with E-state index >= 15 is 0 Å². The van der Waals surface area contributed by atoms with Gasteiger partial charge >= 0.3 is 23.9 Å². The maximum absolute atomic E-state index is 12.6. The number of carbonyl (C=O) groups excluding carboxylic acids is 4. The fourth-order valence-electron chi connectivity index (χ4n) is 5.05. The molecule has 0 amide bonds. The maximum atomic E-state index is 12.6. The van der Waals surface area contributed by atoms with Crippen molar-refractivity contribution in [2.24, 2.45) is 5.92 Å². The number of ether oxygens (including phenoxy) is 4. The molecule has 0 spiro atoms. The van der Waals surface area contributed by atoms with Crippen molar-refractivity contribution < 1.29 is 38.1 Å². The third kappa shape index (κ3) is 14.3. The smallest absolute Gasteiger partial charge is 0.336 e. The van der Waals surface area contributed by atoms with E-state index in [0.29, 0.717) is 25.0 Å². The fraction of sp³-hybridized carbons (Fsp3) is 0.824. The average Bonchev–Trinajstić information content (AvgIpc) is 3.40. The van der Waals surface area contributed by atoms with Gasteiger partial charge in [0.05, 0.1) is 11.5 Å². The molecule has 0 N–H and O–H groups in total. The highest BCUT2D eigenvalue weighted by molar-refractivity contribution is 6.74. The summed E-state index contributed by atoms with van der Waals surface area (Å²) in [6.07, 6.45) is 2.62. The van der Waals surface area contributed by atoms with Crippen LogP contribution in [0.2, 0.25) is 39.3 Å². The second-order valence-corrected chi connectivity index (χ2v) is 28.1. The molecule has 0 unspecified atom stereocenters. The molecular weight excluding hydrogens is 621 g/mol. The van der Waals surface area contributed by atoms with Gasteiger partial charge in [0.2, 0.25) is 0 Å².